The second-order valence-corrected chi connectivity index (χ2v) is 7.73. The van der Waals surface area contributed by atoms with E-state index >= 15 is 0 Å². The molecule has 0 aromatic heterocycles. The molecule has 0 N–H and O–H groups in total. The van der Waals surface area contributed by atoms with Gasteiger partial charge in [-0.1, -0.05) is 0 Å². The largest absolute Gasteiger partial charge is 0.466 e. The molecule has 10 nitrogen and oxygen atoms in total. The van der Waals surface area contributed by atoms with Crippen LogP contribution in [-0.4, -0.2) is 106 Å². The average Bonchev–Trinajstić information content (AvgIpc) is 2.77. The predicted octanol–water partition coefficient (Wildman–Crippen LogP) is 0.953. The smallest absolute Gasteiger partial charge is 0.331 e. The fraction of sp³-hybridized carbons (Fsp3) is 0.636. The number of esters is 4. The summed E-state index contributed by atoms with van der Waals surface area (Å²) in [4.78, 5) is 49.4. The number of hydrogen-bond acceptors (Lipinski definition) is 10. The van der Waals surface area contributed by atoms with Crippen molar-refractivity contribution in [2.75, 3.05) is 60.1 Å². The highest BCUT2D eigenvalue weighted by molar-refractivity contribution is 5.92. The lowest BCUT2D eigenvalue weighted by Gasteiger charge is -2.31. The summed E-state index contributed by atoms with van der Waals surface area (Å²) < 4.78 is 45.6. The molecule has 1 aliphatic rings. The lowest BCUT2D eigenvalue weighted by molar-refractivity contribution is -0.144. The van der Waals surface area contributed by atoms with Crippen molar-refractivity contribution in [3.05, 3.63) is 24.3 Å². The third kappa shape index (κ3) is 13.6. The Labute approximate surface area is 197 Å². The van der Waals surface area contributed by atoms with Gasteiger partial charge in [0.2, 0.25) is 0 Å². The number of methoxy groups -OCH3 is 1. The predicted molar refractivity (Wildman–Crippen MR) is 116 cm³/mol. The zero-order valence-electron chi connectivity index (χ0n) is 19.7. The fourth-order valence-corrected chi connectivity index (χ4v) is 2.92. The van der Waals surface area contributed by atoms with Crippen molar-refractivity contribution in [2.45, 2.75) is 31.8 Å². The molecule has 0 radical (unpaired) electrons. The molecule has 0 amide bonds. The second-order valence-electron chi connectivity index (χ2n) is 7.73. The minimum atomic E-state index is -2.62. The number of carbonyl (C=O) groups excluding carboxylic acids is 4. The number of hydrogen-bond donors (Lipinski definition) is 0. The van der Waals surface area contributed by atoms with E-state index in [9.17, 15) is 28.0 Å². The Morgan fingerprint density at radius 2 is 1.47 bits per heavy atom. The van der Waals surface area contributed by atoms with Gasteiger partial charge in [-0.15, -0.1) is 0 Å². The molecule has 0 spiro atoms. The molecular weight excluding hydrogens is 458 g/mol. The fourth-order valence-electron chi connectivity index (χ4n) is 2.92. The molecule has 34 heavy (non-hydrogen) atoms. The summed E-state index contributed by atoms with van der Waals surface area (Å²) in [6.45, 7) is 3.28. The van der Waals surface area contributed by atoms with Crippen LogP contribution in [0, 0.1) is 0 Å². The summed E-state index contributed by atoms with van der Waals surface area (Å²) in [6.07, 6.45) is 2.92. The molecule has 0 bridgehead atoms. The van der Waals surface area contributed by atoms with Crippen molar-refractivity contribution in [1.82, 2.24) is 9.80 Å². The Bertz CT molecular complexity index is 747. The Hall–Kier alpha value is -2.86. The quantitative estimate of drug-likeness (QED) is 0.210. The highest BCUT2D eigenvalue weighted by Crippen LogP contribution is 2.27. The van der Waals surface area contributed by atoms with E-state index in [1.54, 1.807) is 23.8 Å². The standard InChI is InChI=1S/C22H32F2N2O8/c1-17(34-21(30)7-4-18(27)31-3)16-25(2)12-14-32-19(28)5-6-20(29)33-15-13-26-10-8-22(23,24)9-11-26/h4-7,17H,8-16H2,1-3H3/b6-5+,7-4+. The normalized spacial score (nSPS) is 17.0. The number of carbonyl (C=O) groups is 4. The Balaban J connectivity index is 2.16. The summed E-state index contributed by atoms with van der Waals surface area (Å²) in [5.41, 5.74) is 0. The van der Waals surface area contributed by atoms with Gasteiger partial charge < -0.3 is 18.9 Å². The van der Waals surface area contributed by atoms with Crippen LogP contribution in [0.4, 0.5) is 8.78 Å². The molecule has 0 aliphatic carbocycles. The summed E-state index contributed by atoms with van der Waals surface area (Å²) in [5, 5.41) is 0. The van der Waals surface area contributed by atoms with Crippen LogP contribution >= 0.6 is 0 Å². The molecule has 0 aromatic carbocycles. The van der Waals surface area contributed by atoms with E-state index in [2.05, 4.69) is 4.74 Å². The molecule has 0 saturated carbocycles. The van der Waals surface area contributed by atoms with E-state index in [-0.39, 0.29) is 39.1 Å². The van der Waals surface area contributed by atoms with Crippen molar-refractivity contribution in [3.8, 4) is 0 Å². The number of piperidine rings is 1. The molecule has 1 rings (SSSR count). The molecule has 192 valence electrons. The number of halogens is 2. The third-order valence-electron chi connectivity index (χ3n) is 4.76. The van der Waals surface area contributed by atoms with Gasteiger partial charge in [-0.05, 0) is 14.0 Å². The van der Waals surface area contributed by atoms with Crippen molar-refractivity contribution < 1.29 is 46.9 Å². The minimum absolute atomic E-state index is 0.0375. The summed E-state index contributed by atoms with van der Waals surface area (Å²) in [6, 6.07) is 0. The molecular formula is C22H32F2N2O8. The van der Waals surface area contributed by atoms with Crippen LogP contribution in [-0.2, 0) is 38.1 Å². The van der Waals surface area contributed by atoms with Gasteiger partial charge in [0.15, 0.2) is 0 Å². The highest BCUT2D eigenvalue weighted by atomic mass is 19.3. The maximum Gasteiger partial charge on any atom is 0.331 e. The first-order valence-corrected chi connectivity index (χ1v) is 10.8. The summed E-state index contributed by atoms with van der Waals surface area (Å²) in [7, 11) is 2.93. The van der Waals surface area contributed by atoms with Crippen LogP contribution in [0.5, 0.6) is 0 Å². The first kappa shape index (κ1) is 29.2. The first-order valence-electron chi connectivity index (χ1n) is 10.8. The van der Waals surface area contributed by atoms with E-state index in [1.807, 2.05) is 0 Å². The molecule has 12 heteroatoms. The lowest BCUT2D eigenvalue weighted by Crippen LogP contribution is -2.40. The second kappa shape index (κ2) is 15.1. The zero-order chi connectivity index (χ0) is 25.6. The van der Waals surface area contributed by atoms with Crippen LogP contribution in [0.25, 0.3) is 0 Å². The van der Waals surface area contributed by atoms with Gasteiger partial charge in [0.1, 0.15) is 19.3 Å². The van der Waals surface area contributed by atoms with Gasteiger partial charge in [-0.2, -0.15) is 0 Å². The van der Waals surface area contributed by atoms with Crippen molar-refractivity contribution in [3.63, 3.8) is 0 Å². The average molecular weight is 491 g/mol. The minimum Gasteiger partial charge on any atom is -0.466 e. The van der Waals surface area contributed by atoms with Gasteiger partial charge in [-0.3, -0.25) is 9.80 Å². The van der Waals surface area contributed by atoms with Crippen LogP contribution < -0.4 is 0 Å². The molecule has 1 aliphatic heterocycles. The van der Waals surface area contributed by atoms with Gasteiger partial charge >= 0.3 is 23.9 Å². The van der Waals surface area contributed by atoms with Gasteiger partial charge in [-0.25, -0.2) is 28.0 Å². The SMILES string of the molecule is COC(=O)/C=C/C(=O)OC(C)CN(C)CCOC(=O)/C=C/C(=O)OCCN1CCC(F)(F)CC1. The molecule has 1 fully saturated rings. The Kier molecular flexibility index (Phi) is 13.0. The molecule has 1 saturated heterocycles. The number of alkyl halides is 2. The number of ether oxygens (including phenoxy) is 4. The van der Waals surface area contributed by atoms with E-state index < -0.39 is 35.9 Å². The van der Waals surface area contributed by atoms with Crippen molar-refractivity contribution in [1.29, 1.82) is 0 Å². The number of likely N-dealkylation sites (N-methyl/N-ethyl adjacent to an activating group) is 1. The monoisotopic (exact) mass is 490 g/mol. The lowest BCUT2D eigenvalue weighted by atomic mass is 10.1. The maximum atomic E-state index is 13.1. The summed E-state index contributed by atoms with van der Waals surface area (Å²) >= 11 is 0. The third-order valence-corrected chi connectivity index (χ3v) is 4.76. The van der Waals surface area contributed by atoms with Crippen LogP contribution in [0.1, 0.15) is 19.8 Å². The van der Waals surface area contributed by atoms with E-state index in [0.717, 1.165) is 24.3 Å². The van der Waals surface area contributed by atoms with E-state index in [1.165, 1.54) is 7.11 Å². The number of rotatable bonds is 13. The van der Waals surface area contributed by atoms with Crippen LogP contribution in [0.15, 0.2) is 24.3 Å². The van der Waals surface area contributed by atoms with Gasteiger partial charge in [0.25, 0.3) is 5.92 Å². The number of nitrogens with zero attached hydrogens (tertiary/aromatic N) is 2. The maximum absolute atomic E-state index is 13.1. The van der Waals surface area contributed by atoms with Gasteiger partial charge in [0, 0.05) is 69.9 Å². The van der Waals surface area contributed by atoms with Crippen molar-refractivity contribution in [2.24, 2.45) is 0 Å². The Morgan fingerprint density at radius 1 is 0.941 bits per heavy atom. The molecule has 1 unspecified atom stereocenters. The van der Waals surface area contributed by atoms with Crippen LogP contribution in [0.2, 0.25) is 0 Å². The Morgan fingerprint density at radius 3 is 2.06 bits per heavy atom. The van der Waals surface area contributed by atoms with Crippen LogP contribution in [0.3, 0.4) is 0 Å². The topological polar surface area (TPSA) is 112 Å². The van der Waals surface area contributed by atoms with Gasteiger partial charge in [0.05, 0.1) is 7.11 Å². The molecule has 1 heterocycles. The van der Waals surface area contributed by atoms with E-state index in [0.29, 0.717) is 19.6 Å². The highest BCUT2D eigenvalue weighted by Gasteiger charge is 2.33. The first-order chi connectivity index (χ1) is 16.0. The molecule has 0 aromatic rings. The summed E-state index contributed by atoms with van der Waals surface area (Å²) in [5.74, 6) is -5.44. The van der Waals surface area contributed by atoms with Crippen molar-refractivity contribution >= 4 is 23.9 Å². The molecule has 1 atom stereocenters. The van der Waals surface area contributed by atoms with E-state index in [4.69, 9.17) is 14.2 Å². The zero-order valence-corrected chi connectivity index (χ0v) is 19.7. The number of likely N-dealkylation sites (tertiary alicyclic amines) is 1.